The van der Waals surface area contributed by atoms with Crippen LogP contribution < -0.4 is 16.2 Å². The number of nitrogens with zero attached hydrogens (tertiary/aromatic N) is 1. The van der Waals surface area contributed by atoms with Gasteiger partial charge >= 0.3 is 6.03 Å². The lowest BCUT2D eigenvalue weighted by Crippen LogP contribution is -2.35. The number of carbonyl (C=O) groups excluding carboxylic acids is 1. The molecule has 0 unspecified atom stereocenters. The number of rotatable bonds is 4. The Kier molecular flexibility index (Phi) is 5.38. The first-order valence-corrected chi connectivity index (χ1v) is 10.3. The Bertz CT molecular complexity index is 1100. The molecule has 150 valence electrons. The molecule has 0 bridgehead atoms. The zero-order valence-electron chi connectivity index (χ0n) is 16.9. The Balaban J connectivity index is 1.62. The lowest BCUT2D eigenvalue weighted by Gasteiger charge is -2.26. The second kappa shape index (κ2) is 8.11. The standard InChI is InChI=1S/C24H27N3O2/c1-16(2)14-27-15-22(19-11-5-6-12-20(19)23(27)28)26-24(29)25-21-13-7-9-17-8-3-4-10-18(17)21/h3-6,8,10-12,15-16,21H,7,9,13-14H2,1-2H3,(H2,25,26,29)/t21-/m0/s1. The molecule has 0 saturated carbocycles. The molecule has 2 N–H and O–H groups in total. The van der Waals surface area contributed by atoms with Crippen LogP contribution in [0.2, 0.25) is 0 Å². The fourth-order valence-electron chi connectivity index (χ4n) is 4.19. The molecule has 1 aliphatic rings. The van der Waals surface area contributed by atoms with Gasteiger partial charge in [0, 0.05) is 23.5 Å². The van der Waals surface area contributed by atoms with Crippen molar-refractivity contribution in [1.82, 2.24) is 9.88 Å². The van der Waals surface area contributed by atoms with E-state index in [9.17, 15) is 9.59 Å². The molecule has 1 aromatic heterocycles. The van der Waals surface area contributed by atoms with Gasteiger partial charge in [-0.25, -0.2) is 4.79 Å². The van der Waals surface area contributed by atoms with E-state index in [1.807, 2.05) is 36.4 Å². The Morgan fingerprint density at radius 3 is 2.62 bits per heavy atom. The quantitative estimate of drug-likeness (QED) is 0.669. The molecular weight excluding hydrogens is 362 g/mol. The van der Waals surface area contributed by atoms with Crippen LogP contribution >= 0.6 is 0 Å². The zero-order chi connectivity index (χ0) is 20.4. The fraction of sp³-hybridized carbons (Fsp3) is 0.333. The first kappa shape index (κ1) is 19.2. The van der Waals surface area contributed by atoms with Gasteiger partial charge in [-0.2, -0.15) is 0 Å². The van der Waals surface area contributed by atoms with Crippen molar-refractivity contribution in [2.24, 2.45) is 5.92 Å². The molecule has 0 fully saturated rings. The van der Waals surface area contributed by atoms with E-state index >= 15 is 0 Å². The van der Waals surface area contributed by atoms with Gasteiger partial charge in [0.25, 0.3) is 5.56 Å². The first-order chi connectivity index (χ1) is 14.0. The average Bonchev–Trinajstić information content (AvgIpc) is 2.71. The smallest absolute Gasteiger partial charge is 0.319 e. The third-order valence-corrected chi connectivity index (χ3v) is 5.48. The van der Waals surface area contributed by atoms with Gasteiger partial charge in [-0.15, -0.1) is 0 Å². The lowest BCUT2D eigenvalue weighted by molar-refractivity contribution is 0.247. The number of hydrogen-bond acceptors (Lipinski definition) is 2. The first-order valence-electron chi connectivity index (χ1n) is 10.3. The minimum Gasteiger partial charge on any atom is -0.331 e. The number of benzene rings is 2. The summed E-state index contributed by atoms with van der Waals surface area (Å²) in [5.74, 6) is 0.328. The fourth-order valence-corrected chi connectivity index (χ4v) is 4.19. The Hall–Kier alpha value is -3.08. The van der Waals surface area contributed by atoms with Crippen molar-refractivity contribution in [3.05, 3.63) is 76.2 Å². The monoisotopic (exact) mass is 389 g/mol. The number of hydrogen-bond donors (Lipinski definition) is 2. The summed E-state index contributed by atoms with van der Waals surface area (Å²) in [7, 11) is 0. The van der Waals surface area contributed by atoms with Crippen LogP contribution in [-0.4, -0.2) is 10.6 Å². The molecule has 1 atom stereocenters. The number of anilines is 1. The third kappa shape index (κ3) is 4.04. The van der Waals surface area contributed by atoms with E-state index in [-0.39, 0.29) is 17.6 Å². The van der Waals surface area contributed by atoms with E-state index in [0.29, 0.717) is 23.5 Å². The highest BCUT2D eigenvalue weighted by Crippen LogP contribution is 2.29. The molecule has 2 amide bonds. The second-order valence-corrected chi connectivity index (χ2v) is 8.18. The number of urea groups is 1. The van der Waals surface area contributed by atoms with Gasteiger partial charge in [0.1, 0.15) is 0 Å². The summed E-state index contributed by atoms with van der Waals surface area (Å²) >= 11 is 0. The maximum Gasteiger partial charge on any atom is 0.319 e. The van der Waals surface area contributed by atoms with Crippen LogP contribution in [0, 0.1) is 5.92 Å². The van der Waals surface area contributed by atoms with Crippen molar-refractivity contribution < 1.29 is 4.79 Å². The molecule has 5 nitrogen and oxygen atoms in total. The van der Waals surface area contributed by atoms with E-state index in [2.05, 4.69) is 36.6 Å². The van der Waals surface area contributed by atoms with Crippen molar-refractivity contribution in [1.29, 1.82) is 0 Å². The molecule has 1 heterocycles. The van der Waals surface area contributed by atoms with Crippen molar-refractivity contribution in [3.8, 4) is 0 Å². The lowest BCUT2D eigenvalue weighted by atomic mass is 9.88. The van der Waals surface area contributed by atoms with Crippen molar-refractivity contribution >= 4 is 22.5 Å². The van der Waals surface area contributed by atoms with E-state index in [0.717, 1.165) is 24.6 Å². The van der Waals surface area contributed by atoms with Gasteiger partial charge in [0.15, 0.2) is 0 Å². The Morgan fingerprint density at radius 1 is 1.10 bits per heavy atom. The highest BCUT2D eigenvalue weighted by molar-refractivity contribution is 6.01. The summed E-state index contributed by atoms with van der Waals surface area (Å²) in [4.78, 5) is 25.6. The van der Waals surface area contributed by atoms with E-state index in [1.165, 1.54) is 11.1 Å². The average molecular weight is 389 g/mol. The highest BCUT2D eigenvalue weighted by Gasteiger charge is 2.22. The van der Waals surface area contributed by atoms with Gasteiger partial charge in [-0.05, 0) is 42.4 Å². The summed E-state index contributed by atoms with van der Waals surface area (Å²) in [6.07, 6.45) is 4.81. The number of aromatic nitrogens is 1. The Labute approximate surface area is 170 Å². The van der Waals surface area contributed by atoms with Gasteiger partial charge in [0.05, 0.1) is 11.7 Å². The second-order valence-electron chi connectivity index (χ2n) is 8.18. The van der Waals surface area contributed by atoms with Crippen LogP contribution in [0.5, 0.6) is 0 Å². The van der Waals surface area contributed by atoms with Crippen LogP contribution in [0.3, 0.4) is 0 Å². The molecule has 0 radical (unpaired) electrons. The summed E-state index contributed by atoms with van der Waals surface area (Å²) in [6.45, 7) is 4.75. The van der Waals surface area contributed by atoms with Gasteiger partial charge in [0.2, 0.25) is 0 Å². The highest BCUT2D eigenvalue weighted by atomic mass is 16.2. The van der Waals surface area contributed by atoms with Gasteiger partial charge < -0.3 is 15.2 Å². The third-order valence-electron chi connectivity index (χ3n) is 5.48. The van der Waals surface area contributed by atoms with Crippen LogP contribution in [0.25, 0.3) is 10.8 Å². The summed E-state index contributed by atoms with van der Waals surface area (Å²) in [6, 6.07) is 15.5. The van der Waals surface area contributed by atoms with E-state index < -0.39 is 0 Å². The number of aryl methyl sites for hydroxylation is 1. The molecule has 0 aliphatic heterocycles. The number of amides is 2. The van der Waals surface area contributed by atoms with E-state index in [4.69, 9.17) is 0 Å². The van der Waals surface area contributed by atoms with Crippen LogP contribution in [0.1, 0.15) is 43.9 Å². The predicted molar refractivity (Wildman–Crippen MR) is 117 cm³/mol. The SMILES string of the molecule is CC(C)Cn1cc(NC(=O)N[C@H]2CCCc3ccccc32)c2ccccc2c1=O. The van der Waals surface area contributed by atoms with Crippen LogP contribution in [0.4, 0.5) is 10.5 Å². The number of fused-ring (bicyclic) bond motifs is 2. The van der Waals surface area contributed by atoms with Crippen LogP contribution in [0.15, 0.2) is 59.5 Å². The summed E-state index contributed by atoms with van der Waals surface area (Å²) in [5, 5.41) is 7.50. The van der Waals surface area contributed by atoms with Gasteiger partial charge in [-0.1, -0.05) is 56.3 Å². The number of pyridine rings is 1. The zero-order valence-corrected chi connectivity index (χ0v) is 16.9. The minimum absolute atomic E-state index is 0.00721. The largest absolute Gasteiger partial charge is 0.331 e. The molecule has 5 heteroatoms. The normalized spacial score (nSPS) is 15.9. The van der Waals surface area contributed by atoms with E-state index in [1.54, 1.807) is 10.8 Å². The molecule has 29 heavy (non-hydrogen) atoms. The Morgan fingerprint density at radius 2 is 1.83 bits per heavy atom. The topological polar surface area (TPSA) is 63.1 Å². The van der Waals surface area contributed by atoms with Crippen molar-refractivity contribution in [3.63, 3.8) is 0 Å². The molecule has 0 spiro atoms. The molecular formula is C24H27N3O2. The molecule has 1 aliphatic carbocycles. The predicted octanol–water partition coefficient (Wildman–Crippen LogP) is 4.86. The van der Waals surface area contributed by atoms with Crippen LogP contribution in [-0.2, 0) is 13.0 Å². The molecule has 4 rings (SSSR count). The number of nitrogens with one attached hydrogen (secondary N) is 2. The summed E-state index contributed by atoms with van der Waals surface area (Å²) < 4.78 is 1.69. The van der Waals surface area contributed by atoms with Gasteiger partial charge in [-0.3, -0.25) is 4.79 Å². The van der Waals surface area contributed by atoms with Crippen molar-refractivity contribution in [2.45, 2.75) is 45.7 Å². The maximum absolute atomic E-state index is 12.8. The minimum atomic E-state index is -0.244. The summed E-state index contributed by atoms with van der Waals surface area (Å²) in [5.41, 5.74) is 3.13. The van der Waals surface area contributed by atoms with Crippen molar-refractivity contribution in [2.75, 3.05) is 5.32 Å². The maximum atomic E-state index is 12.8. The molecule has 0 saturated heterocycles. The number of carbonyl (C=O) groups is 1. The molecule has 2 aromatic carbocycles. The molecule has 3 aromatic rings.